The third-order valence-corrected chi connectivity index (χ3v) is 7.21. The summed E-state index contributed by atoms with van der Waals surface area (Å²) in [5, 5.41) is 0.783. The molecule has 4 rings (SSSR count). The van der Waals surface area contributed by atoms with Gasteiger partial charge in [0.05, 0.1) is 16.0 Å². The average molecular weight is 466 g/mol. The molecule has 1 fully saturated rings. The zero-order valence-electron chi connectivity index (χ0n) is 17.5. The Labute approximate surface area is 184 Å². The lowest BCUT2D eigenvalue weighted by Crippen LogP contribution is -2.45. The maximum absolute atomic E-state index is 13.1. The molecule has 1 aliphatic rings. The van der Waals surface area contributed by atoms with E-state index in [0.717, 1.165) is 41.0 Å². The van der Waals surface area contributed by atoms with Crippen LogP contribution in [0.2, 0.25) is 0 Å². The highest BCUT2D eigenvalue weighted by molar-refractivity contribution is 7.92. The van der Waals surface area contributed by atoms with Gasteiger partial charge in [0.25, 0.3) is 10.0 Å². The van der Waals surface area contributed by atoms with E-state index in [1.807, 2.05) is 19.2 Å². The van der Waals surface area contributed by atoms with Crippen molar-refractivity contribution in [1.82, 2.24) is 14.9 Å². The van der Waals surface area contributed by atoms with Crippen LogP contribution in [-0.2, 0) is 16.2 Å². The molecule has 0 radical (unpaired) electrons. The van der Waals surface area contributed by atoms with Crippen LogP contribution in [-0.4, -0.2) is 63.6 Å². The Morgan fingerprint density at radius 1 is 0.969 bits per heavy atom. The summed E-state index contributed by atoms with van der Waals surface area (Å²) in [6.07, 6.45) is -4.65. The van der Waals surface area contributed by atoms with Gasteiger partial charge in [-0.15, -0.1) is 0 Å². The fourth-order valence-corrected chi connectivity index (χ4v) is 4.69. The normalized spacial score (nSPS) is 15.8. The average Bonchev–Trinajstić information content (AvgIpc) is 2.78. The second-order valence-electron chi connectivity index (χ2n) is 7.65. The first-order valence-electron chi connectivity index (χ1n) is 9.94. The Balaban J connectivity index is 1.78. The number of nitrogens with zero attached hydrogens (tertiary/aromatic N) is 5. The summed E-state index contributed by atoms with van der Waals surface area (Å²) in [7, 11) is -1.05. The molecular formula is C21H22F3N5O2S. The molecule has 3 aromatic rings. The summed E-state index contributed by atoms with van der Waals surface area (Å²) in [6, 6.07) is 10.9. The molecule has 2 heterocycles. The van der Waals surface area contributed by atoms with E-state index in [0.29, 0.717) is 30.5 Å². The first-order chi connectivity index (χ1) is 15.1. The topological polar surface area (TPSA) is 69.6 Å². The number of piperazine rings is 1. The standard InChI is InChI=1S/C21H22F3N5O2S/c1-27-10-12-29(13-11-27)19-17-8-3-4-9-18(17)25-20(26-19)28(2)32(30,31)16-7-5-6-15(14-16)21(22,23)24/h3-9,14H,10-13H2,1-2H3. The van der Waals surface area contributed by atoms with Crippen LogP contribution < -0.4 is 9.21 Å². The van der Waals surface area contributed by atoms with Crippen molar-refractivity contribution in [3.8, 4) is 0 Å². The molecule has 32 heavy (non-hydrogen) atoms. The van der Waals surface area contributed by atoms with Crippen LogP contribution in [0.5, 0.6) is 0 Å². The molecule has 0 aliphatic carbocycles. The number of sulfonamides is 1. The van der Waals surface area contributed by atoms with Crippen molar-refractivity contribution in [2.24, 2.45) is 0 Å². The summed E-state index contributed by atoms with van der Waals surface area (Å²) in [5.74, 6) is 0.500. The predicted octanol–water partition coefficient (Wildman–Crippen LogP) is 3.23. The van der Waals surface area contributed by atoms with Crippen LogP contribution in [0.15, 0.2) is 53.4 Å². The molecule has 1 saturated heterocycles. The Hall–Kier alpha value is -2.92. The van der Waals surface area contributed by atoms with Gasteiger partial charge in [-0.2, -0.15) is 18.2 Å². The summed E-state index contributed by atoms with van der Waals surface area (Å²) in [4.78, 5) is 12.7. The van der Waals surface area contributed by atoms with Crippen molar-refractivity contribution >= 4 is 32.7 Å². The number of aromatic nitrogens is 2. The van der Waals surface area contributed by atoms with Gasteiger partial charge in [-0.25, -0.2) is 17.7 Å². The number of rotatable bonds is 4. The van der Waals surface area contributed by atoms with E-state index in [-0.39, 0.29) is 5.95 Å². The van der Waals surface area contributed by atoms with Gasteiger partial charge in [-0.1, -0.05) is 18.2 Å². The lowest BCUT2D eigenvalue weighted by atomic mass is 10.2. The molecule has 7 nitrogen and oxygen atoms in total. The van der Waals surface area contributed by atoms with Crippen molar-refractivity contribution in [1.29, 1.82) is 0 Å². The van der Waals surface area contributed by atoms with E-state index >= 15 is 0 Å². The van der Waals surface area contributed by atoms with E-state index in [1.165, 1.54) is 7.05 Å². The maximum Gasteiger partial charge on any atom is 0.416 e. The van der Waals surface area contributed by atoms with Gasteiger partial charge in [0.15, 0.2) is 0 Å². The zero-order chi connectivity index (χ0) is 23.1. The number of likely N-dealkylation sites (N-methyl/N-ethyl adjacent to an activating group) is 1. The quantitative estimate of drug-likeness (QED) is 0.589. The summed E-state index contributed by atoms with van der Waals surface area (Å²) < 4.78 is 66.4. The van der Waals surface area contributed by atoms with Crippen LogP contribution in [0.25, 0.3) is 10.9 Å². The van der Waals surface area contributed by atoms with Gasteiger partial charge in [-0.3, -0.25) is 0 Å². The van der Waals surface area contributed by atoms with E-state index in [4.69, 9.17) is 0 Å². The smallest absolute Gasteiger partial charge is 0.353 e. The third-order valence-electron chi connectivity index (χ3n) is 5.48. The molecule has 0 bridgehead atoms. The van der Waals surface area contributed by atoms with Crippen LogP contribution in [0, 0.1) is 0 Å². The first kappa shape index (κ1) is 22.3. The Morgan fingerprint density at radius 3 is 2.34 bits per heavy atom. The molecule has 1 aromatic heterocycles. The predicted molar refractivity (Wildman–Crippen MR) is 116 cm³/mol. The minimum atomic E-state index is -4.65. The zero-order valence-corrected chi connectivity index (χ0v) is 18.4. The van der Waals surface area contributed by atoms with Crippen molar-refractivity contribution in [3.05, 3.63) is 54.1 Å². The second kappa shape index (κ2) is 8.21. The van der Waals surface area contributed by atoms with Crippen molar-refractivity contribution < 1.29 is 21.6 Å². The molecule has 0 spiro atoms. The van der Waals surface area contributed by atoms with Crippen LogP contribution in [0.3, 0.4) is 0 Å². The number of fused-ring (bicyclic) bond motifs is 1. The minimum Gasteiger partial charge on any atom is -0.353 e. The van der Waals surface area contributed by atoms with Crippen LogP contribution in [0.1, 0.15) is 5.56 Å². The number of anilines is 2. The Kier molecular flexibility index (Phi) is 5.72. The highest BCUT2D eigenvalue weighted by Gasteiger charge is 2.33. The van der Waals surface area contributed by atoms with Gasteiger partial charge < -0.3 is 9.80 Å². The van der Waals surface area contributed by atoms with Crippen molar-refractivity contribution in [2.75, 3.05) is 49.5 Å². The highest BCUT2D eigenvalue weighted by atomic mass is 32.2. The summed E-state index contributed by atoms with van der Waals surface area (Å²) in [5.41, 5.74) is -0.484. The number of hydrogen-bond acceptors (Lipinski definition) is 6. The number of benzene rings is 2. The van der Waals surface area contributed by atoms with E-state index in [9.17, 15) is 21.6 Å². The molecule has 1 aliphatic heterocycles. The lowest BCUT2D eigenvalue weighted by molar-refractivity contribution is -0.137. The fraction of sp³-hybridized carbons (Fsp3) is 0.333. The number of hydrogen-bond donors (Lipinski definition) is 0. The van der Waals surface area contributed by atoms with Gasteiger partial charge in [0.2, 0.25) is 5.95 Å². The van der Waals surface area contributed by atoms with E-state index < -0.39 is 26.7 Å². The molecule has 0 atom stereocenters. The Morgan fingerprint density at radius 2 is 1.66 bits per heavy atom. The van der Waals surface area contributed by atoms with Crippen molar-refractivity contribution in [2.45, 2.75) is 11.1 Å². The molecular weight excluding hydrogens is 443 g/mol. The minimum absolute atomic E-state index is 0.102. The number of alkyl halides is 3. The highest BCUT2D eigenvalue weighted by Crippen LogP contribution is 2.32. The molecule has 11 heteroatoms. The molecule has 0 amide bonds. The SMILES string of the molecule is CN1CCN(c2nc(N(C)S(=O)(=O)c3cccc(C(F)(F)F)c3)nc3ccccc23)CC1. The van der Waals surface area contributed by atoms with Gasteiger partial charge in [0, 0.05) is 38.6 Å². The van der Waals surface area contributed by atoms with Crippen LogP contribution >= 0.6 is 0 Å². The molecule has 2 aromatic carbocycles. The number of halogens is 3. The third kappa shape index (κ3) is 4.22. The molecule has 0 N–H and O–H groups in total. The number of para-hydroxylation sites is 1. The Bertz CT molecular complexity index is 1240. The van der Waals surface area contributed by atoms with Crippen LogP contribution in [0.4, 0.5) is 24.9 Å². The van der Waals surface area contributed by atoms with Crippen molar-refractivity contribution in [3.63, 3.8) is 0 Å². The first-order valence-corrected chi connectivity index (χ1v) is 11.4. The summed E-state index contributed by atoms with van der Waals surface area (Å²) in [6.45, 7) is 3.07. The molecule has 0 saturated carbocycles. The maximum atomic E-state index is 13.1. The van der Waals surface area contributed by atoms with Gasteiger partial charge >= 0.3 is 6.18 Å². The largest absolute Gasteiger partial charge is 0.416 e. The van der Waals surface area contributed by atoms with Gasteiger partial charge in [-0.05, 0) is 37.4 Å². The lowest BCUT2D eigenvalue weighted by Gasteiger charge is -2.34. The monoisotopic (exact) mass is 465 g/mol. The fourth-order valence-electron chi connectivity index (χ4n) is 3.55. The summed E-state index contributed by atoms with van der Waals surface area (Å²) >= 11 is 0. The second-order valence-corrected chi connectivity index (χ2v) is 9.62. The van der Waals surface area contributed by atoms with Gasteiger partial charge in [0.1, 0.15) is 5.82 Å². The molecule has 170 valence electrons. The van der Waals surface area contributed by atoms with E-state index in [1.54, 1.807) is 12.1 Å². The molecule has 0 unspecified atom stereocenters. The van der Waals surface area contributed by atoms with E-state index in [2.05, 4.69) is 19.8 Å².